The SMILES string of the molecule is C.C.C.C.C.C.C.C.C.C.C.C.CCC(C)(C)C(=O)OC1(C)CCCC1.CCC(C)(C)C(=O)OC12CC3(O)CC(O)(CC(O)(C3)C1)C2.CCC(C)(C)C(=O)OC12CC3CC(CC(O)(C3)C1)C2.CCC(C)(C)C(=O)OC1C2CC3C(=O)OC1C3O2.CCC(C)(C)C(=O)OC1C2CC3C1OC(=O)C3C2C(=O)OC.CCC1(OC(=O)C(C)(C)CC)CCCC1. The van der Waals surface area contributed by atoms with Gasteiger partial charge in [0.2, 0.25) is 0 Å². The molecule has 0 aromatic rings. The van der Waals surface area contributed by atoms with Crippen LogP contribution in [-0.4, -0.2) is 163 Å². The van der Waals surface area contributed by atoms with Crippen molar-refractivity contribution in [2.75, 3.05) is 7.11 Å². The quantitative estimate of drug-likeness (QED) is 0.0650. The molecular formula is C98H186O23. The van der Waals surface area contributed by atoms with Crippen LogP contribution in [0.2, 0.25) is 0 Å². The standard InChI is InChI=1S/C16H22O6.C16H26O5.C16H26O3.C13H18O5.C13H24O2.C12H22O2.12CH4/c1-5-16(2,3)15(19)22-12-7-6-8-10(9(7)13(17)20-4)14(18)21-11(8)12;1-4-12(2,3)11(17)21-16-8-13(18)5-14(19,9-16)7-15(20,6-13)10-16;1-4-14(2,3)13(17)19-16-8-11-5-12(9-16)7-15(18,6-11)10-16;1-4-13(2,3)12(15)18-9-7-5-6-8(16-7)10(9)17-11(6)14;1-5-12(3,4)11(14)15-13(6-2)9-7-8-10-13;1-5-11(2,3)10(13)14-12(4)8-6-7-9-12;;;;;;;;;;;;/h7-12H,5-6H2,1-4H3;18-20H,4-10H2,1-3H3;11-12,18H,4-10H2,1-3H3;6-10H,4-5H2,1-3H3;5-10H2,1-4H3;5-9H2,1-4H3;12*1H4. The number of carbonyl (C=O) groups excluding carboxylic acids is 9. The summed E-state index contributed by atoms with van der Waals surface area (Å²) in [4.78, 5) is 109. The number of esters is 9. The Morgan fingerprint density at radius 3 is 1.14 bits per heavy atom. The van der Waals surface area contributed by atoms with E-state index in [1.54, 1.807) is 0 Å². The molecule has 0 aromatic heterocycles. The van der Waals surface area contributed by atoms with E-state index in [1.807, 2.05) is 125 Å². The van der Waals surface area contributed by atoms with Crippen LogP contribution in [0.3, 0.4) is 0 Å². The Balaban J connectivity index is -0.000000670. The van der Waals surface area contributed by atoms with Gasteiger partial charge in [-0.2, -0.15) is 0 Å². The zero-order valence-electron chi connectivity index (χ0n) is 70.1. The highest BCUT2D eigenvalue weighted by Gasteiger charge is 2.72. The summed E-state index contributed by atoms with van der Waals surface area (Å²) >= 11 is 0. The number of rotatable bonds is 20. The zero-order valence-corrected chi connectivity index (χ0v) is 70.1. The summed E-state index contributed by atoms with van der Waals surface area (Å²) in [5, 5.41) is 42.6. The lowest BCUT2D eigenvalue weighted by Gasteiger charge is -2.65. The van der Waals surface area contributed by atoms with E-state index in [-0.39, 0.29) is 214 Å². The average Bonchev–Trinajstić information content (AvgIpc) is 0.928. The third-order valence-corrected chi connectivity index (χ3v) is 28.9. The Morgan fingerprint density at radius 1 is 0.397 bits per heavy atom. The molecule has 0 amide bonds. The van der Waals surface area contributed by atoms with Crippen molar-refractivity contribution in [2.24, 2.45) is 73.9 Å². The van der Waals surface area contributed by atoms with Crippen molar-refractivity contribution in [2.45, 2.75) is 495 Å². The highest BCUT2D eigenvalue weighted by atomic mass is 16.7. The van der Waals surface area contributed by atoms with E-state index in [1.165, 1.54) is 39.2 Å². The number of fused-ring (bicyclic) bond motifs is 2. The number of hydrogen-bond acceptors (Lipinski definition) is 23. The number of methoxy groups -OCH3 is 1. The predicted molar refractivity (Wildman–Crippen MR) is 482 cm³/mol. The molecule has 4 N–H and O–H groups in total. The predicted octanol–water partition coefficient (Wildman–Crippen LogP) is 21.3. The van der Waals surface area contributed by atoms with Crippen LogP contribution >= 0.6 is 0 Å². The molecule has 12 saturated carbocycles. The fraction of sp³-hybridized carbons (Fsp3) is 0.908. The number of hydrogen-bond donors (Lipinski definition) is 4. The Hall–Kier alpha value is -4.97. The van der Waals surface area contributed by atoms with Gasteiger partial charge in [-0.05, 0) is 243 Å². The number of carbonyl (C=O) groups is 9. The maximum absolute atomic E-state index is 12.4. The van der Waals surface area contributed by atoms with Crippen molar-refractivity contribution in [3.63, 3.8) is 0 Å². The molecule has 13 atom stereocenters. The van der Waals surface area contributed by atoms with E-state index in [9.17, 15) is 63.6 Å². The van der Waals surface area contributed by atoms with Crippen molar-refractivity contribution in [3.05, 3.63) is 0 Å². The molecule has 4 heterocycles. The van der Waals surface area contributed by atoms with Gasteiger partial charge in [-0.15, -0.1) is 0 Å². The summed E-state index contributed by atoms with van der Waals surface area (Å²) in [6, 6.07) is 0. The lowest BCUT2D eigenvalue weighted by Crippen LogP contribution is -2.72. The third kappa shape index (κ3) is 25.9. The Bertz CT molecular complexity index is 3280. The molecule has 0 aromatic carbocycles. The van der Waals surface area contributed by atoms with Crippen LogP contribution in [0.15, 0.2) is 0 Å². The topological polar surface area (TPSA) is 327 Å². The van der Waals surface area contributed by atoms with Gasteiger partial charge in [0.25, 0.3) is 0 Å². The van der Waals surface area contributed by atoms with Crippen LogP contribution in [0, 0.1) is 73.9 Å². The fourth-order valence-corrected chi connectivity index (χ4v) is 20.3. The highest BCUT2D eigenvalue weighted by molar-refractivity contribution is 5.87. The molecule has 121 heavy (non-hydrogen) atoms. The van der Waals surface area contributed by atoms with Gasteiger partial charge in [-0.1, -0.05) is 138 Å². The molecule has 23 heteroatoms. The first-order valence-electron chi connectivity index (χ1n) is 41.7. The van der Waals surface area contributed by atoms with Gasteiger partial charge < -0.3 is 67.8 Å². The minimum atomic E-state index is -1.13. The zero-order chi connectivity index (χ0) is 81.3. The van der Waals surface area contributed by atoms with E-state index < -0.39 is 91.9 Å². The minimum Gasteiger partial charge on any atom is -0.469 e. The van der Waals surface area contributed by atoms with Gasteiger partial charge in [-0.3, -0.25) is 43.2 Å². The first kappa shape index (κ1) is 122. The molecule has 716 valence electrons. The largest absolute Gasteiger partial charge is 0.469 e. The molecule has 16 aliphatic rings. The summed E-state index contributed by atoms with van der Waals surface area (Å²) in [6.07, 6.45) is 20.9. The lowest BCUT2D eigenvalue weighted by molar-refractivity contribution is -0.302. The molecule has 12 bridgehead atoms. The summed E-state index contributed by atoms with van der Waals surface area (Å²) < 4.78 is 55.5. The van der Waals surface area contributed by atoms with Crippen molar-refractivity contribution < 1.29 is 111 Å². The average molecular weight is 1730 g/mol. The van der Waals surface area contributed by atoms with Crippen LogP contribution in [0.1, 0.15) is 414 Å². The van der Waals surface area contributed by atoms with Gasteiger partial charge in [0.1, 0.15) is 40.7 Å². The highest BCUT2D eigenvalue weighted by Crippen LogP contribution is 2.64. The molecule has 0 radical (unpaired) electrons. The molecule has 16 rings (SSSR count). The smallest absolute Gasteiger partial charge is 0.312 e. The van der Waals surface area contributed by atoms with Crippen molar-refractivity contribution in [3.8, 4) is 0 Å². The molecular weight excluding hydrogens is 1550 g/mol. The Morgan fingerprint density at radius 2 is 0.752 bits per heavy atom. The first-order valence-corrected chi connectivity index (χ1v) is 41.7. The van der Waals surface area contributed by atoms with E-state index >= 15 is 0 Å². The van der Waals surface area contributed by atoms with Crippen LogP contribution in [0.5, 0.6) is 0 Å². The Labute approximate surface area is 737 Å². The van der Waals surface area contributed by atoms with E-state index in [4.69, 9.17) is 47.4 Å². The third-order valence-electron chi connectivity index (χ3n) is 28.9. The van der Waals surface area contributed by atoms with Crippen LogP contribution in [-0.2, 0) is 90.5 Å². The molecule has 23 nitrogen and oxygen atoms in total. The van der Waals surface area contributed by atoms with Crippen molar-refractivity contribution in [1.29, 1.82) is 0 Å². The summed E-state index contributed by atoms with van der Waals surface area (Å²) in [6.45, 7) is 38.8. The van der Waals surface area contributed by atoms with E-state index in [0.717, 1.165) is 77.0 Å². The maximum atomic E-state index is 12.4. The van der Waals surface area contributed by atoms with Gasteiger partial charge in [0.05, 0.1) is 85.9 Å². The minimum absolute atomic E-state index is 0. The van der Waals surface area contributed by atoms with Crippen LogP contribution in [0.4, 0.5) is 0 Å². The molecule has 4 aliphatic heterocycles. The fourth-order valence-electron chi connectivity index (χ4n) is 20.3. The number of ether oxygens (including phenoxy) is 10. The van der Waals surface area contributed by atoms with Crippen LogP contribution in [0.25, 0.3) is 0 Å². The van der Waals surface area contributed by atoms with Gasteiger partial charge in [-0.25, -0.2) is 0 Å². The van der Waals surface area contributed by atoms with Crippen molar-refractivity contribution in [1.82, 2.24) is 0 Å². The molecule has 13 unspecified atom stereocenters. The monoisotopic (exact) mass is 1730 g/mol. The molecule has 12 aliphatic carbocycles. The lowest BCUT2D eigenvalue weighted by atomic mass is 9.48. The maximum Gasteiger partial charge on any atom is 0.312 e. The summed E-state index contributed by atoms with van der Waals surface area (Å²) in [7, 11) is 1.31. The first-order chi connectivity index (χ1) is 50.3. The van der Waals surface area contributed by atoms with Gasteiger partial charge >= 0.3 is 53.7 Å². The van der Waals surface area contributed by atoms with Crippen molar-refractivity contribution >= 4 is 53.7 Å². The van der Waals surface area contributed by atoms with E-state index in [2.05, 4.69) is 13.8 Å². The second-order valence-electron chi connectivity index (χ2n) is 40.3. The van der Waals surface area contributed by atoms with Gasteiger partial charge in [0, 0.05) is 56.8 Å². The van der Waals surface area contributed by atoms with Gasteiger partial charge in [0.15, 0.2) is 12.2 Å². The van der Waals surface area contributed by atoms with Crippen LogP contribution < -0.4 is 0 Å². The molecule has 4 saturated heterocycles. The second-order valence-corrected chi connectivity index (χ2v) is 40.3. The molecule has 0 spiro atoms. The summed E-state index contributed by atoms with van der Waals surface area (Å²) in [5.41, 5.74) is -8.32. The Kier molecular flexibility index (Phi) is 44.6. The molecule has 16 fully saturated rings. The normalized spacial score (nSPS) is 33.5. The second kappa shape index (κ2) is 44.2. The number of aliphatic hydroxyl groups is 4. The van der Waals surface area contributed by atoms with E-state index in [0.29, 0.717) is 69.6 Å². The summed E-state index contributed by atoms with van der Waals surface area (Å²) in [5.74, 6) is -2.22.